The Morgan fingerprint density at radius 1 is 1.00 bits per heavy atom. The van der Waals surface area contributed by atoms with E-state index in [1.165, 1.54) is 33.3 Å². The SMILES string of the molecule is Cc1ccc(-n2nc3c(c2NC(=O)c2ccc(S(=O)(=O)N4CCOCC4)cc2)CS(=O)(=O)C3)cc1. The van der Waals surface area contributed by atoms with Crippen molar-refractivity contribution in [2.24, 2.45) is 0 Å². The largest absolute Gasteiger partial charge is 0.379 e. The molecule has 1 aromatic heterocycles. The van der Waals surface area contributed by atoms with Gasteiger partial charge in [-0.2, -0.15) is 9.40 Å². The van der Waals surface area contributed by atoms with Crippen LogP contribution in [0.4, 0.5) is 5.82 Å². The van der Waals surface area contributed by atoms with E-state index in [9.17, 15) is 21.6 Å². The number of rotatable bonds is 5. The zero-order chi connectivity index (χ0) is 24.8. The fourth-order valence-electron chi connectivity index (χ4n) is 4.14. The number of carbonyl (C=O) groups is 1. The Labute approximate surface area is 203 Å². The van der Waals surface area contributed by atoms with Crippen LogP contribution in [-0.2, 0) is 36.1 Å². The van der Waals surface area contributed by atoms with Gasteiger partial charge in [-0.1, -0.05) is 17.7 Å². The van der Waals surface area contributed by atoms with Crippen LogP contribution in [0, 0.1) is 6.92 Å². The van der Waals surface area contributed by atoms with E-state index in [4.69, 9.17) is 4.74 Å². The maximum Gasteiger partial charge on any atom is 0.256 e. The maximum absolute atomic E-state index is 13.1. The average Bonchev–Trinajstić information content (AvgIpc) is 3.32. The molecule has 1 N–H and O–H groups in total. The summed E-state index contributed by atoms with van der Waals surface area (Å²) in [7, 11) is -7.01. The molecule has 3 heterocycles. The van der Waals surface area contributed by atoms with Crippen LogP contribution in [0.5, 0.6) is 0 Å². The van der Waals surface area contributed by atoms with Crippen molar-refractivity contribution in [3.8, 4) is 5.69 Å². The van der Waals surface area contributed by atoms with Crippen LogP contribution in [0.2, 0.25) is 0 Å². The van der Waals surface area contributed by atoms with Crippen LogP contribution in [0.15, 0.2) is 53.4 Å². The number of sulfonamides is 1. The monoisotopic (exact) mass is 516 g/mol. The number of hydrogen-bond donors (Lipinski definition) is 1. The van der Waals surface area contributed by atoms with Gasteiger partial charge in [0.2, 0.25) is 10.0 Å². The van der Waals surface area contributed by atoms with Gasteiger partial charge in [0.15, 0.2) is 9.84 Å². The number of morpholine rings is 1. The summed E-state index contributed by atoms with van der Waals surface area (Å²) < 4.78 is 58.2. The molecule has 2 aliphatic rings. The topological polar surface area (TPSA) is 128 Å². The van der Waals surface area contributed by atoms with Gasteiger partial charge in [-0.15, -0.1) is 0 Å². The second-order valence-electron chi connectivity index (χ2n) is 8.55. The summed E-state index contributed by atoms with van der Waals surface area (Å²) in [5.41, 5.74) is 2.84. The van der Waals surface area contributed by atoms with Gasteiger partial charge in [-0.05, 0) is 43.3 Å². The summed E-state index contributed by atoms with van der Waals surface area (Å²) in [5.74, 6) is -0.598. The van der Waals surface area contributed by atoms with Gasteiger partial charge in [-0.3, -0.25) is 4.79 Å². The highest BCUT2D eigenvalue weighted by Gasteiger charge is 2.33. The third-order valence-electron chi connectivity index (χ3n) is 6.02. The molecule has 0 atom stereocenters. The summed E-state index contributed by atoms with van der Waals surface area (Å²) in [6, 6.07) is 13.1. The minimum atomic E-state index is -3.68. The number of amides is 1. The van der Waals surface area contributed by atoms with Crippen molar-refractivity contribution in [3.63, 3.8) is 0 Å². The minimum absolute atomic E-state index is 0.0904. The standard InChI is InChI=1S/C23H24N4O6S2/c1-16-2-6-18(7-3-16)27-22(20-14-34(29,30)15-21(20)25-27)24-23(28)17-4-8-19(9-5-17)35(31,32)26-10-12-33-13-11-26/h2-9H,10-15H2,1H3,(H,24,28). The molecule has 1 amide bonds. The number of nitrogens with zero attached hydrogens (tertiary/aromatic N) is 3. The number of anilines is 1. The number of ether oxygens (including phenoxy) is 1. The number of hydrogen-bond acceptors (Lipinski definition) is 7. The number of aryl methyl sites for hydroxylation is 1. The van der Waals surface area contributed by atoms with E-state index in [2.05, 4.69) is 10.4 Å². The molecule has 0 unspecified atom stereocenters. The first-order chi connectivity index (χ1) is 16.6. The van der Waals surface area contributed by atoms with Crippen LogP contribution < -0.4 is 5.32 Å². The second-order valence-corrected chi connectivity index (χ2v) is 12.6. The van der Waals surface area contributed by atoms with Crippen molar-refractivity contribution in [2.75, 3.05) is 31.6 Å². The van der Waals surface area contributed by atoms with Crippen molar-refractivity contribution >= 4 is 31.6 Å². The van der Waals surface area contributed by atoms with Gasteiger partial charge in [0.05, 0.1) is 41.0 Å². The lowest BCUT2D eigenvalue weighted by Crippen LogP contribution is -2.40. The van der Waals surface area contributed by atoms with E-state index < -0.39 is 25.8 Å². The third kappa shape index (κ3) is 4.61. The van der Waals surface area contributed by atoms with E-state index in [1.807, 2.05) is 31.2 Å². The summed E-state index contributed by atoms with van der Waals surface area (Å²) in [5, 5.41) is 7.26. The smallest absolute Gasteiger partial charge is 0.256 e. The summed E-state index contributed by atoms with van der Waals surface area (Å²) in [6.07, 6.45) is 0. The summed E-state index contributed by atoms with van der Waals surface area (Å²) in [6.45, 7) is 3.19. The van der Waals surface area contributed by atoms with Crippen molar-refractivity contribution in [1.29, 1.82) is 0 Å². The minimum Gasteiger partial charge on any atom is -0.379 e. The highest BCUT2D eigenvalue weighted by atomic mass is 32.2. The molecule has 0 aliphatic carbocycles. The molecular weight excluding hydrogens is 492 g/mol. The van der Waals surface area contributed by atoms with Crippen molar-refractivity contribution in [3.05, 3.63) is 70.9 Å². The van der Waals surface area contributed by atoms with Crippen molar-refractivity contribution in [2.45, 2.75) is 23.3 Å². The zero-order valence-corrected chi connectivity index (χ0v) is 20.6. The van der Waals surface area contributed by atoms with Crippen LogP contribution in [0.1, 0.15) is 27.2 Å². The maximum atomic E-state index is 13.1. The summed E-state index contributed by atoms with van der Waals surface area (Å²) >= 11 is 0. The van der Waals surface area contributed by atoms with Gasteiger partial charge in [0.1, 0.15) is 5.82 Å². The second kappa shape index (κ2) is 8.86. The van der Waals surface area contributed by atoms with Gasteiger partial charge in [0.25, 0.3) is 5.91 Å². The molecule has 2 aliphatic heterocycles. The number of fused-ring (bicyclic) bond motifs is 1. The summed E-state index contributed by atoms with van der Waals surface area (Å²) in [4.78, 5) is 13.2. The average molecular weight is 517 g/mol. The van der Waals surface area contributed by atoms with Crippen molar-refractivity contribution < 1.29 is 26.4 Å². The molecule has 184 valence electrons. The predicted octanol–water partition coefficient (Wildman–Crippen LogP) is 1.88. The van der Waals surface area contributed by atoms with Crippen LogP contribution >= 0.6 is 0 Å². The van der Waals surface area contributed by atoms with Gasteiger partial charge >= 0.3 is 0 Å². The highest BCUT2D eigenvalue weighted by molar-refractivity contribution is 7.90. The predicted molar refractivity (Wildman–Crippen MR) is 129 cm³/mol. The molecule has 10 nitrogen and oxygen atoms in total. The first-order valence-corrected chi connectivity index (χ1v) is 14.3. The number of sulfone groups is 1. The van der Waals surface area contributed by atoms with E-state index in [-0.39, 0.29) is 35.1 Å². The van der Waals surface area contributed by atoms with Gasteiger partial charge in [-0.25, -0.2) is 21.5 Å². The van der Waals surface area contributed by atoms with Crippen LogP contribution in [0.3, 0.4) is 0 Å². The molecule has 3 aromatic rings. The Morgan fingerprint density at radius 3 is 2.31 bits per heavy atom. The highest BCUT2D eigenvalue weighted by Crippen LogP contribution is 2.33. The molecule has 0 spiro atoms. The lowest BCUT2D eigenvalue weighted by molar-refractivity contribution is 0.0730. The van der Waals surface area contributed by atoms with E-state index in [1.54, 1.807) is 0 Å². The fourth-order valence-corrected chi connectivity index (χ4v) is 7.04. The van der Waals surface area contributed by atoms with E-state index in [0.717, 1.165) is 5.56 Å². The molecule has 5 rings (SSSR count). The first kappa shape index (κ1) is 23.7. The molecule has 0 bridgehead atoms. The first-order valence-electron chi connectivity index (χ1n) is 11.0. The fraction of sp³-hybridized carbons (Fsp3) is 0.304. The quantitative estimate of drug-likeness (QED) is 0.548. The third-order valence-corrected chi connectivity index (χ3v) is 9.38. The molecule has 1 saturated heterocycles. The normalized spacial score (nSPS) is 17.7. The zero-order valence-electron chi connectivity index (χ0n) is 19.0. The molecular formula is C23H24N4O6S2. The Bertz CT molecular complexity index is 1490. The Hall–Kier alpha value is -3.06. The van der Waals surface area contributed by atoms with Crippen LogP contribution in [-0.4, -0.2) is 63.1 Å². The van der Waals surface area contributed by atoms with E-state index in [0.29, 0.717) is 36.0 Å². The lowest BCUT2D eigenvalue weighted by atomic mass is 10.2. The number of benzene rings is 2. The Morgan fingerprint density at radius 2 is 1.66 bits per heavy atom. The van der Waals surface area contributed by atoms with Crippen LogP contribution in [0.25, 0.3) is 5.69 Å². The number of nitrogens with one attached hydrogen (secondary N) is 1. The van der Waals surface area contributed by atoms with Crippen molar-refractivity contribution in [1.82, 2.24) is 14.1 Å². The Kier molecular flexibility index (Phi) is 5.99. The van der Waals surface area contributed by atoms with Gasteiger partial charge < -0.3 is 10.1 Å². The molecule has 0 radical (unpaired) electrons. The molecule has 2 aromatic carbocycles. The van der Waals surface area contributed by atoms with Gasteiger partial charge in [0, 0.05) is 24.2 Å². The molecule has 35 heavy (non-hydrogen) atoms. The number of carbonyl (C=O) groups excluding carboxylic acids is 1. The lowest BCUT2D eigenvalue weighted by Gasteiger charge is -2.26. The Balaban J connectivity index is 1.43. The molecule has 0 saturated carbocycles. The number of aromatic nitrogens is 2. The molecule has 1 fully saturated rings. The van der Waals surface area contributed by atoms with E-state index >= 15 is 0 Å². The molecule has 12 heteroatoms.